The number of aromatic nitrogens is 4. The fourth-order valence-corrected chi connectivity index (χ4v) is 3.02. The summed E-state index contributed by atoms with van der Waals surface area (Å²) in [5.41, 5.74) is 6.27. The number of benzene rings is 1. The van der Waals surface area contributed by atoms with Gasteiger partial charge in [0.05, 0.1) is 6.20 Å². The maximum Gasteiger partial charge on any atom is 0.270 e. The third-order valence-electron chi connectivity index (χ3n) is 3.54. The molecule has 0 saturated carbocycles. The molecular formula is C15H11N5O3S. The van der Waals surface area contributed by atoms with E-state index in [9.17, 15) is 10.0 Å². The number of hydrogen-bond donors (Lipinski definition) is 1. The molecule has 3 heterocycles. The van der Waals surface area contributed by atoms with Crippen LogP contribution in [0.15, 0.2) is 41.9 Å². The van der Waals surface area contributed by atoms with Crippen molar-refractivity contribution < 1.29 is 14.4 Å². The largest absolute Gasteiger partial charge is 0.594 e. The van der Waals surface area contributed by atoms with Crippen LogP contribution in [-0.4, -0.2) is 20.6 Å². The Morgan fingerprint density at radius 2 is 2.29 bits per heavy atom. The molecule has 2 N–H and O–H groups in total. The summed E-state index contributed by atoms with van der Waals surface area (Å²) in [6.07, 6.45) is 1.29. The molecule has 1 amide bonds. The van der Waals surface area contributed by atoms with Gasteiger partial charge < -0.3 is 15.7 Å². The van der Waals surface area contributed by atoms with E-state index in [0.717, 1.165) is 4.88 Å². The molecule has 0 bridgehead atoms. The van der Waals surface area contributed by atoms with E-state index in [1.807, 2.05) is 17.5 Å². The lowest BCUT2D eigenvalue weighted by Crippen LogP contribution is -2.33. The summed E-state index contributed by atoms with van der Waals surface area (Å²) in [5, 5.41) is 22.0. The van der Waals surface area contributed by atoms with Crippen molar-refractivity contribution in [2.45, 2.75) is 6.61 Å². The van der Waals surface area contributed by atoms with Crippen LogP contribution >= 0.6 is 11.3 Å². The fourth-order valence-electron chi connectivity index (χ4n) is 2.40. The zero-order valence-corrected chi connectivity index (χ0v) is 13.1. The topological polar surface area (TPSA) is 109 Å². The SMILES string of the molecule is NC(=O)c1cnn2c1n[n+]([O-])c1ccc(OCc3cccs3)cc12. The van der Waals surface area contributed by atoms with Gasteiger partial charge in [-0.05, 0) is 22.4 Å². The molecule has 1 aromatic carbocycles. The highest BCUT2D eigenvalue weighted by molar-refractivity contribution is 7.09. The minimum absolute atomic E-state index is 0.0893. The van der Waals surface area contributed by atoms with Crippen molar-refractivity contribution in [3.05, 3.63) is 57.6 Å². The number of carbonyl (C=O) groups is 1. The standard InChI is InChI=1S/C15H11N5O3S/c16-14(21)11-7-17-19-13-6-9(23-8-10-2-1-5-24-10)3-4-12(13)20(22)18-15(11)19/h1-7H,8H2,(H2,16,21). The Morgan fingerprint density at radius 1 is 1.42 bits per heavy atom. The van der Waals surface area contributed by atoms with Crippen LogP contribution in [0, 0.1) is 5.21 Å². The van der Waals surface area contributed by atoms with Gasteiger partial charge in [0, 0.05) is 22.1 Å². The summed E-state index contributed by atoms with van der Waals surface area (Å²) >= 11 is 1.60. The molecule has 0 unspecified atom stereocenters. The molecule has 0 radical (unpaired) electrons. The smallest absolute Gasteiger partial charge is 0.270 e. The number of carbonyl (C=O) groups excluding carboxylic acids is 1. The Morgan fingerprint density at radius 3 is 3.04 bits per heavy atom. The molecule has 9 heteroatoms. The lowest BCUT2D eigenvalue weighted by atomic mass is 10.3. The molecule has 0 aliphatic carbocycles. The van der Waals surface area contributed by atoms with Crippen LogP contribution in [0.2, 0.25) is 0 Å². The summed E-state index contributed by atoms with van der Waals surface area (Å²) in [5.74, 6) is -0.110. The molecule has 120 valence electrons. The van der Waals surface area contributed by atoms with E-state index in [4.69, 9.17) is 10.5 Å². The van der Waals surface area contributed by atoms with Crippen LogP contribution < -0.4 is 15.3 Å². The minimum Gasteiger partial charge on any atom is -0.594 e. The first-order valence-electron chi connectivity index (χ1n) is 7.00. The number of amides is 1. The van der Waals surface area contributed by atoms with Crippen molar-refractivity contribution in [2.24, 2.45) is 5.73 Å². The van der Waals surface area contributed by atoms with Gasteiger partial charge in [0.15, 0.2) is 0 Å². The third kappa shape index (κ3) is 2.31. The van der Waals surface area contributed by atoms with Crippen molar-refractivity contribution in [3.8, 4) is 5.75 Å². The Labute approximate surface area is 139 Å². The van der Waals surface area contributed by atoms with Gasteiger partial charge in [-0.3, -0.25) is 4.79 Å². The number of primary amides is 1. The molecule has 0 aliphatic rings. The van der Waals surface area contributed by atoms with E-state index < -0.39 is 5.91 Å². The number of thiophene rings is 1. The first kappa shape index (κ1) is 14.4. The van der Waals surface area contributed by atoms with Gasteiger partial charge in [-0.15, -0.1) is 11.3 Å². The quantitative estimate of drug-likeness (QED) is 0.444. The van der Waals surface area contributed by atoms with Crippen molar-refractivity contribution in [1.29, 1.82) is 0 Å². The van der Waals surface area contributed by atoms with Gasteiger partial charge in [-0.2, -0.15) is 5.10 Å². The van der Waals surface area contributed by atoms with Crippen LogP contribution in [0.4, 0.5) is 0 Å². The van der Waals surface area contributed by atoms with Crippen LogP contribution in [0.3, 0.4) is 0 Å². The molecule has 0 fully saturated rings. The van der Waals surface area contributed by atoms with Gasteiger partial charge in [0.2, 0.25) is 5.65 Å². The predicted octanol–water partition coefficient (Wildman–Crippen LogP) is 1.26. The average molecular weight is 341 g/mol. The van der Waals surface area contributed by atoms with Gasteiger partial charge in [0.25, 0.3) is 11.4 Å². The highest BCUT2D eigenvalue weighted by atomic mass is 32.1. The highest BCUT2D eigenvalue weighted by Crippen LogP contribution is 2.21. The Balaban J connectivity index is 1.82. The summed E-state index contributed by atoms with van der Waals surface area (Å²) < 4.78 is 7.15. The van der Waals surface area contributed by atoms with Crippen molar-refractivity contribution >= 4 is 33.9 Å². The summed E-state index contributed by atoms with van der Waals surface area (Å²) in [6.45, 7) is 0.431. The molecule has 0 spiro atoms. The number of nitrogens with two attached hydrogens (primary N) is 1. The van der Waals surface area contributed by atoms with E-state index in [-0.39, 0.29) is 11.2 Å². The second kappa shape index (κ2) is 5.46. The predicted molar refractivity (Wildman–Crippen MR) is 86.6 cm³/mol. The van der Waals surface area contributed by atoms with Crippen LogP contribution in [0.5, 0.6) is 5.75 Å². The number of fused-ring (bicyclic) bond motifs is 3. The molecule has 8 nitrogen and oxygen atoms in total. The van der Waals surface area contributed by atoms with Crippen LogP contribution in [0.1, 0.15) is 15.2 Å². The normalized spacial score (nSPS) is 11.2. The molecule has 3 aromatic heterocycles. The molecule has 4 rings (SSSR count). The van der Waals surface area contributed by atoms with E-state index in [2.05, 4.69) is 10.2 Å². The first-order valence-corrected chi connectivity index (χ1v) is 7.88. The van der Waals surface area contributed by atoms with E-state index in [1.54, 1.807) is 29.5 Å². The Bertz CT molecular complexity index is 1060. The summed E-state index contributed by atoms with van der Waals surface area (Å²) in [4.78, 5) is 13.0. The first-order chi connectivity index (χ1) is 11.6. The van der Waals surface area contributed by atoms with Crippen molar-refractivity contribution in [2.75, 3.05) is 0 Å². The molecule has 0 saturated heterocycles. The van der Waals surface area contributed by atoms with E-state index >= 15 is 0 Å². The van der Waals surface area contributed by atoms with Crippen LogP contribution in [0.25, 0.3) is 16.7 Å². The number of ether oxygens (including phenoxy) is 1. The molecule has 0 aliphatic heterocycles. The monoisotopic (exact) mass is 341 g/mol. The zero-order valence-electron chi connectivity index (χ0n) is 12.2. The number of nitrogens with zero attached hydrogens (tertiary/aromatic N) is 4. The maximum absolute atomic E-state index is 12.1. The maximum atomic E-state index is 12.1. The van der Waals surface area contributed by atoms with Crippen molar-refractivity contribution in [1.82, 2.24) is 14.7 Å². The minimum atomic E-state index is -0.693. The second-order valence-electron chi connectivity index (χ2n) is 5.05. The van der Waals surface area contributed by atoms with Crippen molar-refractivity contribution in [3.63, 3.8) is 0 Å². The number of rotatable bonds is 4. The third-order valence-corrected chi connectivity index (χ3v) is 4.39. The van der Waals surface area contributed by atoms with Gasteiger partial charge in [0.1, 0.15) is 23.4 Å². The Hall–Kier alpha value is -3.20. The summed E-state index contributed by atoms with van der Waals surface area (Å²) in [7, 11) is 0. The Kier molecular flexibility index (Phi) is 3.28. The van der Waals surface area contributed by atoms with Crippen LogP contribution in [-0.2, 0) is 6.61 Å². The molecule has 0 atom stereocenters. The van der Waals surface area contributed by atoms with Gasteiger partial charge >= 0.3 is 0 Å². The van der Waals surface area contributed by atoms with E-state index in [1.165, 1.54) is 10.7 Å². The second-order valence-corrected chi connectivity index (χ2v) is 6.08. The average Bonchev–Trinajstić information content (AvgIpc) is 3.22. The fraction of sp³-hybridized carbons (Fsp3) is 0.0667. The van der Waals surface area contributed by atoms with E-state index in [0.29, 0.717) is 28.2 Å². The number of hydrogen-bond acceptors (Lipinski definition) is 6. The van der Waals surface area contributed by atoms with Gasteiger partial charge in [-0.1, -0.05) is 6.07 Å². The molecular weight excluding hydrogens is 330 g/mol. The molecule has 4 aromatic rings. The summed E-state index contributed by atoms with van der Waals surface area (Å²) in [6, 6.07) is 8.91. The molecule has 24 heavy (non-hydrogen) atoms. The highest BCUT2D eigenvalue weighted by Gasteiger charge is 2.19. The zero-order chi connectivity index (χ0) is 16.7. The lowest BCUT2D eigenvalue weighted by Gasteiger charge is -2.06. The lowest BCUT2D eigenvalue weighted by molar-refractivity contribution is -0.640. The van der Waals surface area contributed by atoms with Gasteiger partial charge in [-0.25, -0.2) is 4.52 Å².